The van der Waals surface area contributed by atoms with Crippen LogP contribution >= 0.6 is 0 Å². The molecule has 3 N–H and O–H groups in total. The molecule has 0 aliphatic carbocycles. The molecule has 1 aromatic heterocycles. The number of pyridine rings is 1. The van der Waals surface area contributed by atoms with E-state index < -0.39 is 30.3 Å². The molecule has 9 nitrogen and oxygen atoms in total. The molecule has 3 amide bonds. The predicted molar refractivity (Wildman–Crippen MR) is 124 cm³/mol. The number of ether oxygens (including phenoxy) is 1. The zero-order valence-corrected chi connectivity index (χ0v) is 19.7. The van der Waals surface area contributed by atoms with Crippen molar-refractivity contribution in [3.05, 3.63) is 59.5 Å². The summed E-state index contributed by atoms with van der Waals surface area (Å²) in [4.78, 5) is 44.3. The number of alkyl carbamates (subject to hydrolysis) is 1. The fraction of sp³-hybridized carbons (Fsp3) is 0.417. The molecule has 3 rings (SSSR count). The summed E-state index contributed by atoms with van der Waals surface area (Å²) < 4.78 is 18.7. The van der Waals surface area contributed by atoms with Crippen LogP contribution in [0.5, 0.6) is 0 Å². The lowest BCUT2D eigenvalue weighted by Gasteiger charge is -2.31. The average Bonchev–Trinajstić information content (AvgIpc) is 3.18. The molecule has 2 aromatic rings. The fourth-order valence-electron chi connectivity index (χ4n) is 3.58. The van der Waals surface area contributed by atoms with E-state index in [1.165, 1.54) is 17.0 Å². The Labute approximate surface area is 198 Å². The number of halogens is 1. The zero-order chi connectivity index (χ0) is 24.8. The van der Waals surface area contributed by atoms with Crippen molar-refractivity contribution in [2.75, 3.05) is 11.9 Å². The van der Waals surface area contributed by atoms with E-state index in [1.54, 1.807) is 38.4 Å². The van der Waals surface area contributed by atoms with Crippen LogP contribution in [0.3, 0.4) is 0 Å². The molecule has 0 fully saturated rings. The van der Waals surface area contributed by atoms with Gasteiger partial charge in [-0.3, -0.25) is 14.5 Å². The monoisotopic (exact) mass is 471 g/mol. The molecule has 1 aliphatic heterocycles. The smallest absolute Gasteiger partial charge is 0.409 e. The van der Waals surface area contributed by atoms with Crippen molar-refractivity contribution < 1.29 is 23.5 Å². The van der Waals surface area contributed by atoms with E-state index in [0.29, 0.717) is 11.4 Å². The SMILES string of the molecule is CN[C@@H](C)C(=O)N[C@H](C(=O)N1c2ncccc2C[C@@H]1OC(=O)NCc1ccc(F)cc1)C(C)C. The summed E-state index contributed by atoms with van der Waals surface area (Å²) in [6.07, 6.45) is 0.173. The number of amides is 3. The molecule has 3 atom stereocenters. The Morgan fingerprint density at radius 2 is 1.88 bits per heavy atom. The number of hydrogen-bond acceptors (Lipinski definition) is 6. The standard InChI is InChI=1S/C24H30FN5O4/c1-14(2)20(29-22(31)15(3)26-4)23(32)30-19(12-17-6-5-11-27-21(17)30)34-24(33)28-13-16-7-9-18(25)10-8-16/h5-11,14-15,19-20,26H,12-13H2,1-4H3,(H,28,33)(H,29,31)/t15-,19-,20-/m0/s1. The molecular formula is C24H30FN5O4. The van der Waals surface area contributed by atoms with Crippen molar-refractivity contribution in [3.8, 4) is 0 Å². The topological polar surface area (TPSA) is 113 Å². The van der Waals surface area contributed by atoms with Crippen molar-refractivity contribution in [3.63, 3.8) is 0 Å². The van der Waals surface area contributed by atoms with Crippen LogP contribution < -0.4 is 20.9 Å². The lowest BCUT2D eigenvalue weighted by Crippen LogP contribution is -2.56. The molecule has 1 aromatic carbocycles. The molecule has 0 spiro atoms. The Hall–Kier alpha value is -3.53. The van der Waals surface area contributed by atoms with Gasteiger partial charge in [0, 0.05) is 24.7 Å². The molecular weight excluding hydrogens is 441 g/mol. The molecule has 0 unspecified atom stereocenters. The van der Waals surface area contributed by atoms with Crippen LogP contribution in [0.4, 0.5) is 15.0 Å². The number of nitrogens with zero attached hydrogens (tertiary/aromatic N) is 2. The van der Waals surface area contributed by atoms with Gasteiger partial charge in [-0.05, 0) is 43.7 Å². The highest BCUT2D eigenvalue weighted by molar-refractivity contribution is 6.01. The van der Waals surface area contributed by atoms with E-state index in [4.69, 9.17) is 4.74 Å². The van der Waals surface area contributed by atoms with Crippen molar-refractivity contribution in [2.45, 2.75) is 52.0 Å². The maximum Gasteiger partial charge on any atom is 0.409 e. The first kappa shape index (κ1) is 25.1. The maximum absolute atomic E-state index is 13.6. The van der Waals surface area contributed by atoms with Gasteiger partial charge in [-0.2, -0.15) is 0 Å². The lowest BCUT2D eigenvalue weighted by atomic mass is 10.0. The molecule has 0 bridgehead atoms. The molecule has 0 saturated heterocycles. The molecule has 2 heterocycles. The highest BCUT2D eigenvalue weighted by Crippen LogP contribution is 2.31. The highest BCUT2D eigenvalue weighted by atomic mass is 19.1. The van der Waals surface area contributed by atoms with Gasteiger partial charge in [0.25, 0.3) is 5.91 Å². The van der Waals surface area contributed by atoms with Gasteiger partial charge in [-0.1, -0.05) is 32.0 Å². The third-order valence-electron chi connectivity index (χ3n) is 5.67. The third kappa shape index (κ3) is 5.88. The Kier molecular flexibility index (Phi) is 8.17. The molecule has 34 heavy (non-hydrogen) atoms. The number of likely N-dealkylation sites (N-methyl/N-ethyl adjacent to an activating group) is 1. The minimum atomic E-state index is -0.925. The summed E-state index contributed by atoms with van der Waals surface area (Å²) >= 11 is 0. The number of carbonyl (C=O) groups excluding carboxylic acids is 3. The van der Waals surface area contributed by atoms with Crippen molar-refractivity contribution in [1.82, 2.24) is 20.9 Å². The Balaban J connectivity index is 1.76. The number of benzene rings is 1. The number of aromatic nitrogens is 1. The number of anilines is 1. The average molecular weight is 472 g/mol. The van der Waals surface area contributed by atoms with Crippen LogP contribution in [0.2, 0.25) is 0 Å². The number of hydrogen-bond donors (Lipinski definition) is 3. The first-order chi connectivity index (χ1) is 16.2. The minimum absolute atomic E-state index is 0.136. The Morgan fingerprint density at radius 3 is 2.53 bits per heavy atom. The van der Waals surface area contributed by atoms with Gasteiger partial charge in [0.1, 0.15) is 17.7 Å². The largest absolute Gasteiger partial charge is 0.425 e. The summed E-state index contributed by atoms with van der Waals surface area (Å²) in [6, 6.07) is 7.95. The van der Waals surface area contributed by atoms with Crippen LogP contribution in [0.15, 0.2) is 42.6 Å². The van der Waals surface area contributed by atoms with E-state index in [0.717, 1.165) is 5.56 Å². The van der Waals surface area contributed by atoms with E-state index >= 15 is 0 Å². The van der Waals surface area contributed by atoms with E-state index in [-0.39, 0.29) is 30.6 Å². The molecule has 0 radical (unpaired) electrons. The van der Waals surface area contributed by atoms with E-state index in [9.17, 15) is 18.8 Å². The second-order valence-electron chi connectivity index (χ2n) is 8.48. The van der Waals surface area contributed by atoms with Crippen LogP contribution in [-0.2, 0) is 27.3 Å². The molecule has 10 heteroatoms. The quantitative estimate of drug-likeness (QED) is 0.544. The summed E-state index contributed by atoms with van der Waals surface area (Å²) in [6.45, 7) is 5.49. The molecule has 182 valence electrons. The first-order valence-electron chi connectivity index (χ1n) is 11.1. The second-order valence-corrected chi connectivity index (χ2v) is 8.48. The molecule has 1 aliphatic rings. The van der Waals surface area contributed by atoms with E-state index in [1.807, 2.05) is 19.9 Å². The summed E-state index contributed by atoms with van der Waals surface area (Å²) in [5.74, 6) is -0.927. The van der Waals surface area contributed by atoms with Crippen LogP contribution in [-0.4, -0.2) is 48.3 Å². The Morgan fingerprint density at radius 1 is 1.18 bits per heavy atom. The lowest BCUT2D eigenvalue weighted by molar-refractivity contribution is -0.130. The second kappa shape index (κ2) is 11.1. The highest BCUT2D eigenvalue weighted by Gasteiger charge is 2.41. The van der Waals surface area contributed by atoms with Crippen LogP contribution in [0, 0.1) is 11.7 Å². The number of rotatable bonds is 8. The fourth-order valence-corrected chi connectivity index (χ4v) is 3.58. The van der Waals surface area contributed by atoms with Gasteiger partial charge in [-0.15, -0.1) is 0 Å². The molecule has 0 saturated carbocycles. The van der Waals surface area contributed by atoms with E-state index in [2.05, 4.69) is 20.9 Å². The van der Waals surface area contributed by atoms with Gasteiger partial charge < -0.3 is 20.7 Å². The van der Waals surface area contributed by atoms with Crippen molar-refractivity contribution in [2.24, 2.45) is 5.92 Å². The summed E-state index contributed by atoms with van der Waals surface area (Å²) in [5.41, 5.74) is 1.45. The van der Waals surface area contributed by atoms with Crippen LogP contribution in [0.25, 0.3) is 0 Å². The van der Waals surface area contributed by atoms with Crippen LogP contribution in [0.1, 0.15) is 31.9 Å². The maximum atomic E-state index is 13.6. The van der Waals surface area contributed by atoms with Gasteiger partial charge in [0.2, 0.25) is 5.91 Å². The Bertz CT molecular complexity index is 1030. The first-order valence-corrected chi connectivity index (χ1v) is 11.1. The van der Waals surface area contributed by atoms with Crippen molar-refractivity contribution >= 4 is 23.7 Å². The van der Waals surface area contributed by atoms with Crippen molar-refractivity contribution in [1.29, 1.82) is 0 Å². The minimum Gasteiger partial charge on any atom is -0.425 e. The predicted octanol–water partition coefficient (Wildman–Crippen LogP) is 2.11. The number of nitrogens with one attached hydrogen (secondary N) is 3. The van der Waals surface area contributed by atoms with Gasteiger partial charge in [0.05, 0.1) is 6.04 Å². The van der Waals surface area contributed by atoms with Gasteiger partial charge in [-0.25, -0.2) is 14.2 Å². The third-order valence-corrected chi connectivity index (χ3v) is 5.67. The number of carbonyl (C=O) groups is 3. The van der Waals surface area contributed by atoms with Gasteiger partial charge >= 0.3 is 6.09 Å². The zero-order valence-electron chi connectivity index (χ0n) is 19.7. The van der Waals surface area contributed by atoms with Gasteiger partial charge in [0.15, 0.2) is 6.23 Å². The number of fused-ring (bicyclic) bond motifs is 1. The normalized spacial score (nSPS) is 16.5. The summed E-state index contributed by atoms with van der Waals surface area (Å²) in [5, 5.41) is 8.26. The summed E-state index contributed by atoms with van der Waals surface area (Å²) in [7, 11) is 1.66.